The Morgan fingerprint density at radius 2 is 2.27 bits per heavy atom. The van der Waals surface area contributed by atoms with Gasteiger partial charge < -0.3 is 10.4 Å². The van der Waals surface area contributed by atoms with Crippen molar-refractivity contribution in [3.05, 3.63) is 34.1 Å². The van der Waals surface area contributed by atoms with Gasteiger partial charge in [0.15, 0.2) is 0 Å². The average Bonchev–Trinajstić information content (AvgIpc) is 2.18. The normalized spacial score (nSPS) is 26.6. The Morgan fingerprint density at radius 1 is 1.47 bits per heavy atom. The van der Waals surface area contributed by atoms with Crippen LogP contribution in [0, 0.1) is 5.82 Å². The molecule has 1 atom stereocenters. The van der Waals surface area contributed by atoms with Gasteiger partial charge in [-0.15, -0.1) is 0 Å². The lowest BCUT2D eigenvalue weighted by molar-refractivity contribution is 0.00908. The second-order valence-electron chi connectivity index (χ2n) is 3.94. The van der Waals surface area contributed by atoms with Gasteiger partial charge >= 0.3 is 0 Å². The monoisotopic (exact) mass is 273 g/mol. The quantitative estimate of drug-likeness (QED) is 0.822. The molecule has 2 rings (SSSR count). The van der Waals surface area contributed by atoms with Gasteiger partial charge in [0.25, 0.3) is 0 Å². The third-order valence-corrected chi connectivity index (χ3v) is 3.29. The van der Waals surface area contributed by atoms with Gasteiger partial charge in [0.2, 0.25) is 0 Å². The molecule has 1 aromatic rings. The van der Waals surface area contributed by atoms with Crippen LogP contribution < -0.4 is 5.32 Å². The molecule has 0 spiro atoms. The van der Waals surface area contributed by atoms with Crippen LogP contribution in [0.4, 0.5) is 4.39 Å². The van der Waals surface area contributed by atoms with Crippen LogP contribution in [-0.2, 0) is 5.60 Å². The van der Waals surface area contributed by atoms with Crippen molar-refractivity contribution in [2.24, 2.45) is 0 Å². The maximum Gasteiger partial charge on any atom is 0.130 e. The summed E-state index contributed by atoms with van der Waals surface area (Å²) in [5, 5.41) is 13.4. The zero-order valence-corrected chi connectivity index (χ0v) is 9.85. The van der Waals surface area contributed by atoms with E-state index < -0.39 is 5.60 Å². The highest BCUT2D eigenvalue weighted by Gasteiger charge is 2.33. The Hall–Kier alpha value is -0.450. The maximum atomic E-state index is 13.7. The second kappa shape index (κ2) is 4.20. The number of nitrogens with one attached hydrogen (secondary N) is 1. The number of hydrogen-bond donors (Lipinski definition) is 2. The highest BCUT2D eigenvalue weighted by Crippen LogP contribution is 2.31. The van der Waals surface area contributed by atoms with E-state index in [1.165, 1.54) is 6.07 Å². The number of hydrogen-bond acceptors (Lipinski definition) is 2. The molecule has 1 aliphatic heterocycles. The number of benzene rings is 1. The van der Waals surface area contributed by atoms with Gasteiger partial charge in [-0.05, 0) is 31.5 Å². The molecule has 1 heterocycles. The molecule has 1 aromatic carbocycles. The fourth-order valence-electron chi connectivity index (χ4n) is 1.99. The predicted octanol–water partition coefficient (Wildman–Crippen LogP) is 2.16. The summed E-state index contributed by atoms with van der Waals surface area (Å²) in [5.74, 6) is -0.351. The lowest BCUT2D eigenvalue weighted by Crippen LogP contribution is -2.43. The fraction of sp³-hybridized carbons (Fsp3) is 0.455. The Kier molecular flexibility index (Phi) is 3.09. The van der Waals surface area contributed by atoms with Gasteiger partial charge in [0.05, 0.1) is 0 Å². The van der Waals surface area contributed by atoms with E-state index in [1.807, 2.05) is 0 Å². The van der Waals surface area contributed by atoms with Crippen molar-refractivity contribution in [1.82, 2.24) is 5.32 Å². The SMILES string of the molecule is OC1(c2ccc(Br)cc2F)CCCNC1. The fourth-order valence-corrected chi connectivity index (χ4v) is 2.32. The van der Waals surface area contributed by atoms with Crippen molar-refractivity contribution in [3.63, 3.8) is 0 Å². The predicted molar refractivity (Wildman–Crippen MR) is 60.1 cm³/mol. The third-order valence-electron chi connectivity index (χ3n) is 2.79. The van der Waals surface area contributed by atoms with Crippen LogP contribution in [0.25, 0.3) is 0 Å². The van der Waals surface area contributed by atoms with Crippen LogP contribution in [0.3, 0.4) is 0 Å². The minimum absolute atomic E-state index is 0.351. The molecule has 82 valence electrons. The Labute approximate surface area is 96.6 Å². The smallest absolute Gasteiger partial charge is 0.130 e. The van der Waals surface area contributed by atoms with E-state index in [0.717, 1.165) is 13.0 Å². The van der Waals surface area contributed by atoms with Gasteiger partial charge in [-0.25, -0.2) is 4.39 Å². The van der Waals surface area contributed by atoms with Crippen LogP contribution in [0.2, 0.25) is 0 Å². The largest absolute Gasteiger partial charge is 0.384 e. The molecular weight excluding hydrogens is 261 g/mol. The second-order valence-corrected chi connectivity index (χ2v) is 4.85. The molecule has 2 N–H and O–H groups in total. The molecule has 0 aromatic heterocycles. The molecule has 0 amide bonds. The summed E-state index contributed by atoms with van der Waals surface area (Å²) in [6.45, 7) is 1.31. The van der Waals surface area contributed by atoms with Crippen LogP contribution in [0.15, 0.2) is 22.7 Å². The Bertz CT molecular complexity index is 364. The molecule has 0 saturated carbocycles. The average molecular weight is 274 g/mol. The van der Waals surface area contributed by atoms with Crippen molar-refractivity contribution >= 4 is 15.9 Å². The number of aliphatic hydroxyl groups is 1. The molecule has 0 bridgehead atoms. The molecule has 1 aliphatic rings. The lowest BCUT2D eigenvalue weighted by Gasteiger charge is -2.33. The van der Waals surface area contributed by atoms with E-state index in [9.17, 15) is 9.50 Å². The minimum Gasteiger partial charge on any atom is -0.384 e. The number of piperidine rings is 1. The van der Waals surface area contributed by atoms with Crippen LogP contribution in [0.1, 0.15) is 18.4 Å². The zero-order chi connectivity index (χ0) is 10.9. The lowest BCUT2D eigenvalue weighted by atomic mass is 9.86. The first-order chi connectivity index (χ1) is 7.12. The minimum atomic E-state index is -1.05. The van der Waals surface area contributed by atoms with E-state index >= 15 is 0 Å². The Morgan fingerprint density at radius 3 is 2.87 bits per heavy atom. The third kappa shape index (κ3) is 2.22. The summed E-state index contributed by atoms with van der Waals surface area (Å²) in [5.41, 5.74) is -0.666. The van der Waals surface area contributed by atoms with Gasteiger partial charge in [0, 0.05) is 16.6 Å². The van der Waals surface area contributed by atoms with E-state index in [0.29, 0.717) is 23.0 Å². The van der Waals surface area contributed by atoms with Gasteiger partial charge in [-0.2, -0.15) is 0 Å². The van der Waals surface area contributed by atoms with Crippen molar-refractivity contribution in [2.75, 3.05) is 13.1 Å². The van der Waals surface area contributed by atoms with Crippen molar-refractivity contribution in [3.8, 4) is 0 Å². The molecule has 2 nitrogen and oxygen atoms in total. The van der Waals surface area contributed by atoms with E-state index in [2.05, 4.69) is 21.2 Å². The van der Waals surface area contributed by atoms with Crippen molar-refractivity contribution in [2.45, 2.75) is 18.4 Å². The summed E-state index contributed by atoms with van der Waals surface area (Å²) >= 11 is 3.20. The van der Waals surface area contributed by atoms with E-state index in [1.54, 1.807) is 12.1 Å². The van der Waals surface area contributed by atoms with Crippen LogP contribution in [-0.4, -0.2) is 18.2 Å². The summed E-state index contributed by atoms with van der Waals surface area (Å²) in [7, 11) is 0. The first-order valence-electron chi connectivity index (χ1n) is 5.00. The molecule has 1 saturated heterocycles. The summed E-state index contributed by atoms with van der Waals surface area (Å²) in [4.78, 5) is 0. The first-order valence-corrected chi connectivity index (χ1v) is 5.80. The van der Waals surface area contributed by atoms with Gasteiger partial charge in [-0.3, -0.25) is 0 Å². The van der Waals surface area contributed by atoms with Gasteiger partial charge in [-0.1, -0.05) is 22.0 Å². The maximum absolute atomic E-state index is 13.7. The topological polar surface area (TPSA) is 32.3 Å². The number of β-amino-alcohol motifs (C(OH)–C–C–N with tert-alkyl or cyclic N) is 1. The number of rotatable bonds is 1. The number of halogens is 2. The Balaban J connectivity index is 2.35. The summed E-state index contributed by atoms with van der Waals surface area (Å²) in [6, 6.07) is 4.79. The highest BCUT2D eigenvalue weighted by atomic mass is 79.9. The van der Waals surface area contributed by atoms with E-state index in [4.69, 9.17) is 0 Å². The molecular formula is C11H13BrFNO. The highest BCUT2D eigenvalue weighted by molar-refractivity contribution is 9.10. The molecule has 1 fully saturated rings. The van der Waals surface area contributed by atoms with Gasteiger partial charge in [0.1, 0.15) is 11.4 Å². The molecule has 1 unspecified atom stereocenters. The molecule has 0 aliphatic carbocycles. The van der Waals surface area contributed by atoms with Crippen LogP contribution in [0.5, 0.6) is 0 Å². The van der Waals surface area contributed by atoms with Crippen molar-refractivity contribution < 1.29 is 9.50 Å². The van der Waals surface area contributed by atoms with Crippen molar-refractivity contribution in [1.29, 1.82) is 0 Å². The molecule has 15 heavy (non-hydrogen) atoms. The molecule has 0 radical (unpaired) electrons. The first kappa shape index (κ1) is 11.0. The zero-order valence-electron chi connectivity index (χ0n) is 8.26. The van der Waals surface area contributed by atoms with E-state index in [-0.39, 0.29) is 5.82 Å². The molecule has 4 heteroatoms. The van der Waals surface area contributed by atoms with Crippen LogP contribution >= 0.6 is 15.9 Å². The summed E-state index contributed by atoms with van der Waals surface area (Å²) in [6.07, 6.45) is 1.48. The summed E-state index contributed by atoms with van der Waals surface area (Å²) < 4.78 is 14.4. The standard InChI is InChI=1S/C11H13BrFNO/c12-8-2-3-9(10(13)6-8)11(15)4-1-5-14-7-11/h2-3,6,14-15H,1,4-5,7H2.